The highest BCUT2D eigenvalue weighted by molar-refractivity contribution is 9.10. The number of benzene rings is 1. The summed E-state index contributed by atoms with van der Waals surface area (Å²) in [6.07, 6.45) is 0.379. The van der Waals surface area contributed by atoms with Crippen molar-refractivity contribution in [1.29, 1.82) is 0 Å². The SMILES string of the molecule is Cc1cc(Br)ccc1N1CC[C@@H](C(=O)O)C1=O. The number of carboxylic acids is 1. The van der Waals surface area contributed by atoms with Crippen molar-refractivity contribution in [2.75, 3.05) is 11.4 Å². The van der Waals surface area contributed by atoms with Crippen LogP contribution in [0.25, 0.3) is 0 Å². The molecule has 4 nitrogen and oxygen atoms in total. The molecule has 0 aromatic heterocycles. The normalized spacial score (nSPS) is 19.8. The van der Waals surface area contributed by atoms with Crippen LogP contribution in [0.3, 0.4) is 0 Å². The molecule has 1 atom stereocenters. The summed E-state index contributed by atoms with van der Waals surface area (Å²) >= 11 is 3.36. The minimum absolute atomic E-state index is 0.317. The summed E-state index contributed by atoms with van der Waals surface area (Å²) in [4.78, 5) is 24.3. The van der Waals surface area contributed by atoms with Gasteiger partial charge in [-0.15, -0.1) is 0 Å². The zero-order valence-electron chi connectivity index (χ0n) is 9.31. The van der Waals surface area contributed by atoms with Gasteiger partial charge in [0.1, 0.15) is 5.92 Å². The van der Waals surface area contributed by atoms with E-state index >= 15 is 0 Å². The lowest BCUT2D eigenvalue weighted by Crippen LogP contribution is -2.30. The van der Waals surface area contributed by atoms with E-state index in [9.17, 15) is 9.59 Å². The maximum atomic E-state index is 11.9. The fourth-order valence-corrected chi connectivity index (χ4v) is 2.55. The van der Waals surface area contributed by atoms with Crippen LogP contribution in [-0.4, -0.2) is 23.5 Å². The number of carbonyl (C=O) groups excluding carboxylic acids is 1. The number of nitrogens with zero attached hydrogens (tertiary/aromatic N) is 1. The molecule has 0 unspecified atom stereocenters. The number of halogens is 1. The zero-order chi connectivity index (χ0) is 12.6. The van der Waals surface area contributed by atoms with Gasteiger partial charge in [-0.25, -0.2) is 0 Å². The average Bonchev–Trinajstić information content (AvgIpc) is 2.60. The van der Waals surface area contributed by atoms with Crippen molar-refractivity contribution in [1.82, 2.24) is 0 Å². The van der Waals surface area contributed by atoms with Crippen LogP contribution in [0.1, 0.15) is 12.0 Å². The third kappa shape index (κ3) is 2.20. The Morgan fingerprint density at radius 2 is 2.24 bits per heavy atom. The van der Waals surface area contributed by atoms with Gasteiger partial charge >= 0.3 is 5.97 Å². The molecule has 1 fully saturated rings. The molecular formula is C12H12BrNO3. The van der Waals surface area contributed by atoms with Crippen LogP contribution < -0.4 is 4.90 Å². The summed E-state index contributed by atoms with van der Waals surface area (Å²) < 4.78 is 0.945. The fraction of sp³-hybridized carbons (Fsp3) is 0.333. The topological polar surface area (TPSA) is 57.6 Å². The lowest BCUT2D eigenvalue weighted by Gasteiger charge is -2.18. The monoisotopic (exact) mass is 297 g/mol. The first-order valence-corrected chi connectivity index (χ1v) is 6.10. The van der Waals surface area contributed by atoms with E-state index in [4.69, 9.17) is 5.11 Å². The number of carboxylic acid groups (broad SMARTS) is 1. The lowest BCUT2D eigenvalue weighted by molar-refractivity contribution is -0.144. The van der Waals surface area contributed by atoms with Gasteiger partial charge in [-0.05, 0) is 37.1 Å². The van der Waals surface area contributed by atoms with Gasteiger partial charge in [0.05, 0.1) is 0 Å². The molecule has 1 amide bonds. The van der Waals surface area contributed by atoms with Crippen molar-refractivity contribution in [2.24, 2.45) is 5.92 Å². The largest absolute Gasteiger partial charge is 0.481 e. The van der Waals surface area contributed by atoms with E-state index in [0.29, 0.717) is 13.0 Å². The maximum Gasteiger partial charge on any atom is 0.316 e. The summed E-state index contributed by atoms with van der Waals surface area (Å²) in [5.41, 5.74) is 1.75. The van der Waals surface area contributed by atoms with Crippen molar-refractivity contribution in [2.45, 2.75) is 13.3 Å². The summed E-state index contributed by atoms with van der Waals surface area (Å²) in [7, 11) is 0. The molecule has 90 valence electrons. The molecular weight excluding hydrogens is 286 g/mol. The first kappa shape index (κ1) is 12.1. The van der Waals surface area contributed by atoms with Crippen LogP contribution >= 0.6 is 15.9 Å². The number of rotatable bonds is 2. The fourth-order valence-electron chi connectivity index (χ4n) is 2.07. The molecule has 1 aliphatic heterocycles. The standard InChI is InChI=1S/C12H12BrNO3/c1-7-6-8(13)2-3-10(7)14-5-4-9(11(14)15)12(16)17/h2-3,6,9H,4-5H2,1H3,(H,16,17)/t9-/m1/s1. The molecule has 2 rings (SSSR count). The van der Waals surface area contributed by atoms with Crippen molar-refractivity contribution in [3.8, 4) is 0 Å². The van der Waals surface area contributed by atoms with E-state index in [1.165, 1.54) is 0 Å². The zero-order valence-corrected chi connectivity index (χ0v) is 10.9. The molecule has 0 aliphatic carbocycles. The molecule has 17 heavy (non-hydrogen) atoms. The molecule has 1 aliphatic rings. The molecule has 1 saturated heterocycles. The second-order valence-corrected chi connectivity index (χ2v) is 5.02. The van der Waals surface area contributed by atoms with E-state index in [2.05, 4.69) is 15.9 Å². The van der Waals surface area contributed by atoms with Crippen molar-refractivity contribution in [3.05, 3.63) is 28.2 Å². The Morgan fingerprint density at radius 3 is 2.76 bits per heavy atom. The van der Waals surface area contributed by atoms with E-state index in [1.807, 2.05) is 25.1 Å². The third-order valence-electron chi connectivity index (χ3n) is 2.95. The molecule has 1 heterocycles. The molecule has 0 spiro atoms. The highest BCUT2D eigenvalue weighted by atomic mass is 79.9. The molecule has 1 aromatic rings. The number of hydrogen-bond donors (Lipinski definition) is 1. The van der Waals surface area contributed by atoms with Gasteiger partial charge in [-0.2, -0.15) is 0 Å². The van der Waals surface area contributed by atoms with Gasteiger partial charge in [0, 0.05) is 16.7 Å². The molecule has 0 saturated carbocycles. The minimum atomic E-state index is -1.03. The Labute approximate surface area is 107 Å². The Morgan fingerprint density at radius 1 is 1.53 bits per heavy atom. The minimum Gasteiger partial charge on any atom is -0.481 e. The summed E-state index contributed by atoms with van der Waals surface area (Å²) in [5.74, 6) is -2.24. The van der Waals surface area contributed by atoms with Crippen LogP contribution in [0.2, 0.25) is 0 Å². The maximum absolute atomic E-state index is 11.9. The van der Waals surface area contributed by atoms with Crippen LogP contribution in [0.4, 0.5) is 5.69 Å². The summed E-state index contributed by atoms with van der Waals surface area (Å²) in [6, 6.07) is 5.60. The highest BCUT2D eigenvalue weighted by Gasteiger charge is 2.37. The highest BCUT2D eigenvalue weighted by Crippen LogP contribution is 2.29. The van der Waals surface area contributed by atoms with Crippen molar-refractivity contribution < 1.29 is 14.7 Å². The Kier molecular flexibility index (Phi) is 3.19. The van der Waals surface area contributed by atoms with Crippen LogP contribution in [0.15, 0.2) is 22.7 Å². The lowest BCUT2D eigenvalue weighted by atomic mass is 10.1. The molecule has 0 radical (unpaired) electrons. The predicted molar refractivity (Wildman–Crippen MR) is 67.0 cm³/mol. The molecule has 0 bridgehead atoms. The number of carbonyl (C=O) groups is 2. The molecule has 5 heteroatoms. The smallest absolute Gasteiger partial charge is 0.316 e. The number of anilines is 1. The summed E-state index contributed by atoms with van der Waals surface area (Å²) in [6.45, 7) is 2.37. The van der Waals surface area contributed by atoms with Crippen molar-refractivity contribution >= 4 is 33.5 Å². The first-order valence-electron chi connectivity index (χ1n) is 5.31. The predicted octanol–water partition coefficient (Wildman–Crippen LogP) is 2.20. The Hall–Kier alpha value is -1.36. The number of aliphatic carboxylic acids is 1. The van der Waals surface area contributed by atoms with Gasteiger partial charge in [0.2, 0.25) is 5.91 Å². The molecule has 1 aromatic carbocycles. The van der Waals surface area contributed by atoms with E-state index < -0.39 is 11.9 Å². The van der Waals surface area contributed by atoms with Gasteiger partial charge < -0.3 is 10.0 Å². The van der Waals surface area contributed by atoms with E-state index in [-0.39, 0.29) is 5.91 Å². The van der Waals surface area contributed by atoms with Crippen molar-refractivity contribution in [3.63, 3.8) is 0 Å². The van der Waals surface area contributed by atoms with Crippen LogP contribution in [0.5, 0.6) is 0 Å². The first-order chi connectivity index (χ1) is 8.00. The van der Waals surface area contributed by atoms with Gasteiger partial charge in [0.25, 0.3) is 0 Å². The van der Waals surface area contributed by atoms with E-state index in [1.54, 1.807) is 4.90 Å². The third-order valence-corrected chi connectivity index (χ3v) is 3.45. The number of aryl methyl sites for hydroxylation is 1. The second-order valence-electron chi connectivity index (χ2n) is 4.10. The van der Waals surface area contributed by atoms with Crippen LogP contribution in [-0.2, 0) is 9.59 Å². The summed E-state index contributed by atoms with van der Waals surface area (Å²) in [5, 5.41) is 8.91. The van der Waals surface area contributed by atoms with E-state index in [0.717, 1.165) is 15.7 Å². The van der Waals surface area contributed by atoms with Gasteiger partial charge in [0.15, 0.2) is 0 Å². The Bertz CT molecular complexity index is 487. The van der Waals surface area contributed by atoms with Gasteiger partial charge in [-0.3, -0.25) is 9.59 Å². The van der Waals surface area contributed by atoms with Crippen LogP contribution in [0, 0.1) is 12.8 Å². The average molecular weight is 298 g/mol. The van der Waals surface area contributed by atoms with Gasteiger partial charge in [-0.1, -0.05) is 15.9 Å². The second kappa shape index (κ2) is 4.49. The molecule has 1 N–H and O–H groups in total. The number of hydrogen-bond acceptors (Lipinski definition) is 2. The Balaban J connectivity index is 2.30. The number of amides is 1. The quantitative estimate of drug-likeness (QED) is 0.852.